The van der Waals surface area contributed by atoms with Crippen molar-refractivity contribution in [2.75, 3.05) is 0 Å². The lowest BCUT2D eigenvalue weighted by Gasteiger charge is -2.13. The van der Waals surface area contributed by atoms with Crippen LogP contribution in [0.3, 0.4) is 0 Å². The Labute approximate surface area is 151 Å². The number of halogens is 4. The molecule has 2 rings (SSSR count). The molecule has 0 saturated heterocycles. The number of benzene rings is 2. The van der Waals surface area contributed by atoms with Crippen molar-refractivity contribution in [3.8, 4) is 11.5 Å². The molecule has 0 aliphatic heterocycles. The smallest absolute Gasteiger partial charge is 0.271 e. The first-order valence-electron chi connectivity index (χ1n) is 5.58. The van der Waals surface area contributed by atoms with Crippen LogP contribution in [0.1, 0.15) is 5.56 Å². The second kappa shape index (κ2) is 7.09. The third-order valence-corrected chi connectivity index (χ3v) is 4.71. The molecule has 0 fully saturated rings. The van der Waals surface area contributed by atoms with Crippen LogP contribution in [0.4, 0.5) is 5.69 Å². The summed E-state index contributed by atoms with van der Waals surface area (Å²) in [6, 6.07) is 8.10. The summed E-state index contributed by atoms with van der Waals surface area (Å²) in [7, 11) is 0. The van der Waals surface area contributed by atoms with E-state index in [1.807, 2.05) is 0 Å². The van der Waals surface area contributed by atoms with Crippen LogP contribution in [0.25, 0.3) is 0 Å². The monoisotopic (exact) mass is 497 g/mol. The number of nitro groups is 1. The van der Waals surface area contributed by atoms with E-state index in [4.69, 9.17) is 16.3 Å². The molecular formula is C13H7Br3ClNO3. The molecule has 0 bridgehead atoms. The predicted molar refractivity (Wildman–Crippen MR) is 92.7 cm³/mol. The van der Waals surface area contributed by atoms with E-state index in [0.29, 0.717) is 30.8 Å². The van der Waals surface area contributed by atoms with Crippen molar-refractivity contribution in [1.29, 1.82) is 0 Å². The van der Waals surface area contributed by atoms with Gasteiger partial charge >= 0.3 is 0 Å². The average molecular weight is 500 g/mol. The molecule has 8 heteroatoms. The SMILES string of the molecule is O=[N+]([O-])c1cc(Br)c(Oc2cccc(Cl)c2CBr)c(Br)c1. The van der Waals surface area contributed by atoms with Gasteiger partial charge in [-0.1, -0.05) is 33.6 Å². The summed E-state index contributed by atoms with van der Waals surface area (Å²) >= 11 is 16.1. The second-order valence-corrected chi connectivity index (χ2v) is 6.62. The molecule has 0 saturated carbocycles. The minimum Gasteiger partial charge on any atom is -0.455 e. The molecule has 0 aliphatic rings. The van der Waals surface area contributed by atoms with Crippen molar-refractivity contribution in [2.24, 2.45) is 0 Å². The van der Waals surface area contributed by atoms with Gasteiger partial charge in [-0.15, -0.1) is 0 Å². The number of hydrogen-bond donors (Lipinski definition) is 0. The minimum absolute atomic E-state index is 0.0343. The van der Waals surface area contributed by atoms with Crippen molar-refractivity contribution in [3.63, 3.8) is 0 Å². The average Bonchev–Trinajstić information content (AvgIpc) is 2.42. The van der Waals surface area contributed by atoms with Crippen molar-refractivity contribution >= 4 is 65.1 Å². The maximum Gasteiger partial charge on any atom is 0.271 e. The van der Waals surface area contributed by atoms with Crippen molar-refractivity contribution in [3.05, 3.63) is 60.0 Å². The molecule has 0 radical (unpaired) electrons. The first-order chi connectivity index (χ1) is 9.93. The third-order valence-electron chi connectivity index (χ3n) is 2.62. The molecule has 21 heavy (non-hydrogen) atoms. The quantitative estimate of drug-likeness (QED) is 0.275. The largest absolute Gasteiger partial charge is 0.455 e. The van der Waals surface area contributed by atoms with Crippen LogP contribution in [0, 0.1) is 10.1 Å². The summed E-state index contributed by atoms with van der Waals surface area (Å²) in [5.41, 5.74) is 0.768. The van der Waals surface area contributed by atoms with E-state index in [1.54, 1.807) is 18.2 Å². The Kier molecular flexibility index (Phi) is 5.65. The van der Waals surface area contributed by atoms with Crippen molar-refractivity contribution in [2.45, 2.75) is 5.33 Å². The van der Waals surface area contributed by atoms with Gasteiger partial charge < -0.3 is 4.74 Å². The zero-order valence-corrected chi connectivity index (χ0v) is 15.8. The van der Waals surface area contributed by atoms with Crippen molar-refractivity contribution < 1.29 is 9.66 Å². The highest BCUT2D eigenvalue weighted by Gasteiger charge is 2.17. The Morgan fingerprint density at radius 2 is 1.86 bits per heavy atom. The van der Waals surface area contributed by atoms with Crippen LogP contribution in [0.2, 0.25) is 5.02 Å². The minimum atomic E-state index is -0.470. The highest BCUT2D eigenvalue weighted by Crippen LogP contribution is 2.41. The van der Waals surface area contributed by atoms with E-state index in [-0.39, 0.29) is 5.69 Å². The lowest BCUT2D eigenvalue weighted by atomic mass is 10.2. The molecule has 0 heterocycles. The molecule has 4 nitrogen and oxygen atoms in total. The summed E-state index contributed by atoms with van der Waals surface area (Å²) in [6.45, 7) is 0. The first-order valence-corrected chi connectivity index (χ1v) is 8.67. The highest BCUT2D eigenvalue weighted by molar-refractivity contribution is 9.11. The van der Waals surface area contributed by atoms with Crippen LogP contribution < -0.4 is 4.74 Å². The molecular weight excluding hydrogens is 493 g/mol. The molecule has 0 aliphatic carbocycles. The van der Waals surface area contributed by atoms with Gasteiger partial charge in [0.05, 0.1) is 13.9 Å². The lowest BCUT2D eigenvalue weighted by molar-refractivity contribution is -0.385. The van der Waals surface area contributed by atoms with E-state index in [0.717, 1.165) is 5.56 Å². The fourth-order valence-corrected chi connectivity index (χ4v) is 3.92. The molecule has 2 aromatic carbocycles. The van der Waals surface area contributed by atoms with Crippen LogP contribution in [0.15, 0.2) is 39.3 Å². The summed E-state index contributed by atoms with van der Waals surface area (Å²) in [6.07, 6.45) is 0. The summed E-state index contributed by atoms with van der Waals surface area (Å²) in [5, 5.41) is 11.9. The fraction of sp³-hybridized carbons (Fsp3) is 0.0769. The number of alkyl halides is 1. The Morgan fingerprint density at radius 3 is 2.38 bits per heavy atom. The molecule has 0 unspecified atom stereocenters. The van der Waals surface area contributed by atoms with Crippen LogP contribution >= 0.6 is 59.4 Å². The van der Waals surface area contributed by atoms with E-state index in [1.165, 1.54) is 12.1 Å². The number of ether oxygens (including phenoxy) is 1. The molecule has 2 aromatic rings. The molecule has 0 aromatic heterocycles. The maximum atomic E-state index is 10.8. The Bertz CT molecular complexity index is 686. The van der Waals surface area contributed by atoms with Crippen LogP contribution in [0.5, 0.6) is 11.5 Å². The van der Waals surface area contributed by atoms with Gasteiger partial charge in [0.1, 0.15) is 5.75 Å². The normalized spacial score (nSPS) is 10.5. The zero-order valence-electron chi connectivity index (χ0n) is 10.3. The van der Waals surface area contributed by atoms with Gasteiger partial charge in [0.25, 0.3) is 5.69 Å². The molecule has 0 atom stereocenters. The highest BCUT2D eigenvalue weighted by atomic mass is 79.9. The first kappa shape index (κ1) is 16.7. The van der Waals surface area contributed by atoms with Gasteiger partial charge in [-0.2, -0.15) is 0 Å². The third kappa shape index (κ3) is 3.77. The lowest BCUT2D eigenvalue weighted by Crippen LogP contribution is -1.94. The number of non-ortho nitro benzene ring substituents is 1. The number of nitrogens with zero attached hydrogens (tertiary/aromatic N) is 1. The van der Waals surface area contributed by atoms with Gasteiger partial charge in [-0.3, -0.25) is 10.1 Å². The molecule has 0 spiro atoms. The number of rotatable bonds is 4. The zero-order chi connectivity index (χ0) is 15.6. The maximum absolute atomic E-state index is 10.8. The summed E-state index contributed by atoms with van der Waals surface area (Å²) in [5.74, 6) is 1.03. The molecule has 110 valence electrons. The summed E-state index contributed by atoms with van der Waals surface area (Å²) in [4.78, 5) is 10.3. The van der Waals surface area contributed by atoms with Crippen LogP contribution in [-0.2, 0) is 5.33 Å². The standard InChI is InChI=1S/C13H7Br3ClNO3/c14-6-8-11(17)2-1-3-12(8)21-13-9(15)4-7(18(19)20)5-10(13)16/h1-5H,6H2. The number of nitro benzene ring substituents is 1. The second-order valence-electron chi connectivity index (χ2n) is 3.95. The van der Waals surface area contributed by atoms with E-state index in [2.05, 4.69) is 47.8 Å². The van der Waals surface area contributed by atoms with Crippen molar-refractivity contribution in [1.82, 2.24) is 0 Å². The predicted octanol–water partition coefficient (Wildman–Crippen LogP) is 6.46. The topological polar surface area (TPSA) is 52.4 Å². The fourth-order valence-electron chi connectivity index (χ4n) is 1.62. The van der Waals surface area contributed by atoms with E-state index >= 15 is 0 Å². The Hall–Kier alpha value is -0.630. The van der Waals surface area contributed by atoms with Gasteiger partial charge in [-0.25, -0.2) is 0 Å². The van der Waals surface area contributed by atoms with E-state index < -0.39 is 4.92 Å². The van der Waals surface area contributed by atoms with Gasteiger partial charge in [-0.05, 0) is 44.0 Å². The van der Waals surface area contributed by atoms with Gasteiger partial charge in [0.2, 0.25) is 0 Å². The van der Waals surface area contributed by atoms with Crippen LogP contribution in [-0.4, -0.2) is 4.92 Å². The summed E-state index contributed by atoms with van der Waals surface area (Å²) < 4.78 is 6.80. The van der Waals surface area contributed by atoms with Gasteiger partial charge in [0, 0.05) is 28.0 Å². The van der Waals surface area contributed by atoms with E-state index in [9.17, 15) is 10.1 Å². The Balaban J connectivity index is 2.45. The molecule has 0 amide bonds. The van der Waals surface area contributed by atoms with Gasteiger partial charge in [0.15, 0.2) is 5.75 Å². The molecule has 0 N–H and O–H groups in total. The number of hydrogen-bond acceptors (Lipinski definition) is 3. The Morgan fingerprint density at radius 1 is 1.24 bits per heavy atom.